The average molecular weight is 446 g/mol. The molecule has 4 nitrogen and oxygen atoms in total. The number of likely N-dealkylation sites (N-methyl/N-ethyl adjacent to an activating group) is 1. The number of rotatable bonds is 3. The lowest BCUT2D eigenvalue weighted by Gasteiger charge is -2.43. The number of allylic oxidation sites excluding steroid dienone is 1. The second-order valence-corrected chi connectivity index (χ2v) is 10.2. The van der Waals surface area contributed by atoms with Gasteiger partial charge in [-0.2, -0.15) is 0 Å². The number of fused-ring (bicyclic) bond motifs is 1. The van der Waals surface area contributed by atoms with Crippen molar-refractivity contribution in [2.75, 3.05) is 11.4 Å². The zero-order chi connectivity index (χ0) is 23.2. The third-order valence-electron chi connectivity index (χ3n) is 6.42. The van der Waals surface area contributed by atoms with Gasteiger partial charge in [0.15, 0.2) is 5.17 Å². The number of nitrogens with one attached hydrogen (secondary N) is 1. The molecule has 0 radical (unpaired) electrons. The van der Waals surface area contributed by atoms with Crippen LogP contribution < -0.4 is 10.2 Å². The van der Waals surface area contributed by atoms with Crippen LogP contribution in [-0.4, -0.2) is 23.2 Å². The molecular weight excluding hydrogens is 414 g/mol. The van der Waals surface area contributed by atoms with Gasteiger partial charge in [0.2, 0.25) is 0 Å². The van der Waals surface area contributed by atoms with Crippen molar-refractivity contribution in [3.8, 4) is 0 Å². The third-order valence-corrected chi connectivity index (χ3v) is 7.33. The highest BCUT2D eigenvalue weighted by Gasteiger charge is 2.31. The SMILES string of the molecule is CCN1c2cc(C)c(/C=C3/SC(=Nc4cccc(C)c4C)NC3=O)cc2C(C)=CC1(C)C. The summed E-state index contributed by atoms with van der Waals surface area (Å²) < 4.78 is 0. The minimum absolute atomic E-state index is 0.0151. The first kappa shape index (κ1) is 22.4. The van der Waals surface area contributed by atoms with Gasteiger partial charge in [0, 0.05) is 17.8 Å². The highest BCUT2D eigenvalue weighted by Crippen LogP contribution is 2.41. The predicted octanol–water partition coefficient (Wildman–Crippen LogP) is 6.53. The number of amidine groups is 1. The molecule has 0 unspecified atom stereocenters. The van der Waals surface area contributed by atoms with Crippen LogP contribution >= 0.6 is 11.8 Å². The average Bonchev–Trinajstić information content (AvgIpc) is 3.05. The van der Waals surface area contributed by atoms with Gasteiger partial charge in [-0.3, -0.25) is 4.79 Å². The second kappa shape index (κ2) is 8.28. The van der Waals surface area contributed by atoms with Crippen LogP contribution in [0.5, 0.6) is 0 Å². The fourth-order valence-electron chi connectivity index (χ4n) is 4.57. The van der Waals surface area contributed by atoms with Crippen LogP contribution in [0.4, 0.5) is 11.4 Å². The summed E-state index contributed by atoms with van der Waals surface area (Å²) >= 11 is 1.40. The molecule has 1 amide bonds. The maximum absolute atomic E-state index is 12.7. The molecule has 0 atom stereocenters. The van der Waals surface area contributed by atoms with Gasteiger partial charge >= 0.3 is 0 Å². The van der Waals surface area contributed by atoms with E-state index in [1.807, 2.05) is 18.2 Å². The summed E-state index contributed by atoms with van der Waals surface area (Å²) in [5.74, 6) is -0.0974. The maximum atomic E-state index is 12.7. The van der Waals surface area contributed by atoms with Crippen molar-refractivity contribution in [3.63, 3.8) is 0 Å². The predicted molar refractivity (Wildman–Crippen MR) is 139 cm³/mol. The van der Waals surface area contributed by atoms with E-state index in [2.05, 4.69) is 83.0 Å². The Balaban J connectivity index is 1.69. The molecule has 1 saturated heterocycles. The first-order chi connectivity index (χ1) is 15.1. The summed E-state index contributed by atoms with van der Waals surface area (Å²) in [6.45, 7) is 16.1. The van der Waals surface area contributed by atoms with Crippen molar-refractivity contribution < 1.29 is 4.79 Å². The molecule has 2 aromatic carbocycles. The number of benzene rings is 2. The number of nitrogens with zero attached hydrogens (tertiary/aromatic N) is 2. The molecule has 0 aromatic heterocycles. The van der Waals surface area contributed by atoms with Gasteiger partial charge in [-0.25, -0.2) is 4.99 Å². The molecule has 2 heterocycles. The Morgan fingerprint density at radius 2 is 1.88 bits per heavy atom. The lowest BCUT2D eigenvalue weighted by atomic mass is 9.87. The largest absolute Gasteiger partial charge is 0.363 e. The van der Waals surface area contributed by atoms with Crippen LogP contribution in [0, 0.1) is 20.8 Å². The van der Waals surface area contributed by atoms with Gasteiger partial charge in [0.1, 0.15) is 0 Å². The number of hydrogen-bond donors (Lipinski definition) is 1. The van der Waals surface area contributed by atoms with Crippen molar-refractivity contribution in [1.29, 1.82) is 0 Å². The number of aliphatic imine (C=N–C) groups is 1. The highest BCUT2D eigenvalue weighted by molar-refractivity contribution is 8.18. The number of carbonyl (C=O) groups excluding carboxylic acids is 1. The topological polar surface area (TPSA) is 44.7 Å². The number of aryl methyl sites for hydroxylation is 2. The van der Waals surface area contributed by atoms with Gasteiger partial charge in [-0.15, -0.1) is 0 Å². The van der Waals surface area contributed by atoms with E-state index in [9.17, 15) is 4.79 Å². The standard InChI is InChI=1S/C27H31N3OS/c1-8-30-23-12-17(3)20(13-21(23)18(4)15-27(30,6)7)14-24-25(31)29-26(32-24)28-22-11-9-10-16(2)19(22)5/h9-15H,8H2,1-7H3,(H,28,29,31)/b24-14+. The summed E-state index contributed by atoms with van der Waals surface area (Å²) in [5.41, 5.74) is 9.19. The highest BCUT2D eigenvalue weighted by atomic mass is 32.2. The fraction of sp³-hybridized carbons (Fsp3) is 0.333. The first-order valence-electron chi connectivity index (χ1n) is 11.1. The molecule has 2 aromatic rings. The van der Waals surface area contributed by atoms with E-state index >= 15 is 0 Å². The number of carbonyl (C=O) groups is 1. The van der Waals surface area contributed by atoms with Gasteiger partial charge < -0.3 is 10.2 Å². The molecular formula is C27H31N3OS. The number of hydrogen-bond acceptors (Lipinski definition) is 4. The van der Waals surface area contributed by atoms with Crippen molar-refractivity contribution >= 4 is 45.9 Å². The summed E-state index contributed by atoms with van der Waals surface area (Å²) in [5, 5.41) is 3.55. The van der Waals surface area contributed by atoms with Crippen molar-refractivity contribution in [2.45, 2.75) is 54.0 Å². The molecule has 5 heteroatoms. The summed E-state index contributed by atoms with van der Waals surface area (Å²) in [4.78, 5) is 20.5. The quantitative estimate of drug-likeness (QED) is 0.547. The molecule has 32 heavy (non-hydrogen) atoms. The molecule has 1 fully saturated rings. The van der Waals surface area contributed by atoms with Crippen LogP contribution in [0.3, 0.4) is 0 Å². The molecule has 1 N–H and O–H groups in total. The Labute approximate surface area is 195 Å². The third kappa shape index (κ3) is 4.02. The normalized spacial score (nSPS) is 19.9. The van der Waals surface area contributed by atoms with Crippen molar-refractivity contribution in [1.82, 2.24) is 5.32 Å². The number of thioether (sulfide) groups is 1. The Hall–Kier alpha value is -2.79. The van der Waals surface area contributed by atoms with Crippen LogP contribution in [0.1, 0.15) is 55.5 Å². The smallest absolute Gasteiger partial charge is 0.264 e. The van der Waals surface area contributed by atoms with E-state index in [0.29, 0.717) is 10.1 Å². The lowest BCUT2D eigenvalue weighted by molar-refractivity contribution is -0.115. The molecule has 0 bridgehead atoms. The molecule has 4 rings (SSSR count). The van der Waals surface area contributed by atoms with Crippen molar-refractivity contribution in [3.05, 3.63) is 69.1 Å². The lowest BCUT2D eigenvalue weighted by Crippen LogP contribution is -2.44. The van der Waals surface area contributed by atoms with E-state index in [1.54, 1.807) is 0 Å². The van der Waals surface area contributed by atoms with Crippen LogP contribution in [0.2, 0.25) is 0 Å². The van der Waals surface area contributed by atoms with E-state index < -0.39 is 0 Å². The van der Waals surface area contributed by atoms with Gasteiger partial charge in [0.05, 0.1) is 16.1 Å². The molecule has 2 aliphatic heterocycles. The zero-order valence-corrected chi connectivity index (χ0v) is 20.8. The molecule has 0 spiro atoms. The van der Waals surface area contributed by atoms with Crippen LogP contribution in [0.15, 0.2) is 46.3 Å². The van der Waals surface area contributed by atoms with Crippen molar-refractivity contribution in [2.24, 2.45) is 4.99 Å². The number of amides is 1. The second-order valence-electron chi connectivity index (χ2n) is 9.15. The van der Waals surface area contributed by atoms with Gasteiger partial charge in [-0.1, -0.05) is 18.2 Å². The van der Waals surface area contributed by atoms with E-state index in [0.717, 1.165) is 28.9 Å². The Morgan fingerprint density at radius 1 is 1.12 bits per heavy atom. The Kier molecular flexibility index (Phi) is 5.80. The van der Waals surface area contributed by atoms with Gasteiger partial charge in [0.25, 0.3) is 5.91 Å². The molecule has 0 saturated carbocycles. The first-order valence-corrected chi connectivity index (χ1v) is 11.9. The van der Waals surface area contributed by atoms with Crippen LogP contribution in [-0.2, 0) is 4.79 Å². The summed E-state index contributed by atoms with van der Waals surface area (Å²) in [6, 6.07) is 10.5. The van der Waals surface area contributed by atoms with E-state index in [4.69, 9.17) is 4.99 Å². The monoisotopic (exact) mass is 445 g/mol. The van der Waals surface area contributed by atoms with Gasteiger partial charge in [-0.05, 0) is 112 Å². The van der Waals surface area contributed by atoms with E-state index in [-0.39, 0.29) is 11.4 Å². The Morgan fingerprint density at radius 3 is 2.59 bits per heavy atom. The molecule has 2 aliphatic rings. The molecule has 166 valence electrons. The fourth-order valence-corrected chi connectivity index (χ4v) is 5.39. The molecule has 0 aliphatic carbocycles. The number of anilines is 1. The van der Waals surface area contributed by atoms with E-state index in [1.165, 1.54) is 34.1 Å². The summed E-state index contributed by atoms with van der Waals surface area (Å²) in [6.07, 6.45) is 4.32. The summed E-state index contributed by atoms with van der Waals surface area (Å²) in [7, 11) is 0. The minimum atomic E-state index is -0.0974. The van der Waals surface area contributed by atoms with Crippen LogP contribution in [0.25, 0.3) is 11.6 Å². The maximum Gasteiger partial charge on any atom is 0.264 e. The Bertz CT molecular complexity index is 1200. The minimum Gasteiger partial charge on any atom is -0.363 e. The zero-order valence-electron chi connectivity index (χ0n) is 20.0.